The summed E-state index contributed by atoms with van der Waals surface area (Å²) in [6.07, 6.45) is 0. The van der Waals surface area contributed by atoms with Crippen molar-refractivity contribution in [3.63, 3.8) is 0 Å². The highest BCUT2D eigenvalue weighted by atomic mass is 127. The molecule has 0 spiro atoms. The van der Waals surface area contributed by atoms with Crippen molar-refractivity contribution >= 4 is 29.9 Å². The van der Waals surface area contributed by atoms with Crippen LogP contribution >= 0.6 is 24.0 Å². The molecule has 9 heteroatoms. The molecule has 0 aromatic heterocycles. The molecule has 1 N–H and O–H groups in total. The first-order valence-corrected chi connectivity index (χ1v) is 10.4. The van der Waals surface area contributed by atoms with Gasteiger partial charge >= 0.3 is 6.61 Å². The summed E-state index contributed by atoms with van der Waals surface area (Å²) in [6.45, 7) is 2.89. The SMILES string of the molecule is CN=C(NCc1cccc(CN2CCOCC2)c1)N(C)Cc1ccc(OC(F)F)cc1.I. The van der Waals surface area contributed by atoms with E-state index in [9.17, 15) is 8.78 Å². The third-order valence-electron chi connectivity index (χ3n) is 5.09. The largest absolute Gasteiger partial charge is 0.435 e. The molecule has 0 saturated carbocycles. The van der Waals surface area contributed by atoms with Gasteiger partial charge < -0.3 is 19.7 Å². The van der Waals surface area contributed by atoms with Gasteiger partial charge in [-0.15, -0.1) is 24.0 Å². The van der Waals surface area contributed by atoms with Gasteiger partial charge in [-0.1, -0.05) is 36.4 Å². The first-order chi connectivity index (χ1) is 15.0. The number of hydrogen-bond donors (Lipinski definition) is 1. The second-order valence-corrected chi connectivity index (χ2v) is 7.49. The van der Waals surface area contributed by atoms with E-state index in [0.29, 0.717) is 13.1 Å². The topological polar surface area (TPSA) is 49.3 Å². The molecule has 0 amide bonds. The number of nitrogens with one attached hydrogen (secondary N) is 1. The molecule has 0 bridgehead atoms. The number of benzene rings is 2. The molecule has 0 radical (unpaired) electrons. The maximum atomic E-state index is 12.3. The fourth-order valence-corrected chi connectivity index (χ4v) is 3.55. The average molecular weight is 560 g/mol. The summed E-state index contributed by atoms with van der Waals surface area (Å²) >= 11 is 0. The summed E-state index contributed by atoms with van der Waals surface area (Å²) in [5, 5.41) is 3.39. The predicted octanol–water partition coefficient (Wildman–Crippen LogP) is 3.95. The van der Waals surface area contributed by atoms with Crippen molar-refractivity contribution < 1.29 is 18.3 Å². The van der Waals surface area contributed by atoms with Crippen LogP contribution in [0, 0.1) is 0 Å². The van der Waals surface area contributed by atoms with Gasteiger partial charge in [-0.25, -0.2) is 0 Å². The van der Waals surface area contributed by atoms with Gasteiger partial charge in [-0.05, 0) is 28.8 Å². The summed E-state index contributed by atoms with van der Waals surface area (Å²) in [5.41, 5.74) is 3.45. The monoisotopic (exact) mass is 560 g/mol. The standard InChI is InChI=1S/C23H30F2N4O2.HI/c1-26-23(28(2)16-18-6-8-21(9-7-18)31-22(24)25)27-15-19-4-3-5-20(14-19)17-29-10-12-30-13-11-29;/h3-9,14,22H,10-13,15-17H2,1-2H3,(H,26,27);1H. The van der Waals surface area contributed by atoms with Crippen LogP contribution in [0.1, 0.15) is 16.7 Å². The van der Waals surface area contributed by atoms with E-state index in [1.807, 2.05) is 11.9 Å². The van der Waals surface area contributed by atoms with E-state index in [0.717, 1.165) is 44.4 Å². The van der Waals surface area contributed by atoms with Gasteiger partial charge in [-0.2, -0.15) is 8.78 Å². The number of aliphatic imine (C=N–C) groups is 1. The zero-order chi connectivity index (χ0) is 22.1. The number of hydrogen-bond acceptors (Lipinski definition) is 4. The Kier molecular flexibility index (Phi) is 11.1. The maximum Gasteiger partial charge on any atom is 0.387 e. The second kappa shape index (κ2) is 13.5. The molecule has 1 aliphatic rings. The zero-order valence-corrected chi connectivity index (χ0v) is 20.8. The van der Waals surface area contributed by atoms with Crippen molar-refractivity contribution in [3.8, 4) is 5.75 Å². The van der Waals surface area contributed by atoms with E-state index in [2.05, 4.69) is 44.2 Å². The number of rotatable bonds is 8. The first-order valence-electron chi connectivity index (χ1n) is 10.4. The predicted molar refractivity (Wildman–Crippen MR) is 133 cm³/mol. The van der Waals surface area contributed by atoms with Crippen LogP contribution < -0.4 is 10.1 Å². The van der Waals surface area contributed by atoms with Gasteiger partial charge in [0.05, 0.1) is 13.2 Å². The van der Waals surface area contributed by atoms with Gasteiger partial charge in [0.1, 0.15) is 5.75 Å². The minimum Gasteiger partial charge on any atom is -0.435 e. The van der Waals surface area contributed by atoms with Crippen LogP contribution in [-0.2, 0) is 24.4 Å². The van der Waals surface area contributed by atoms with Crippen LogP contribution in [-0.4, -0.2) is 62.8 Å². The summed E-state index contributed by atoms with van der Waals surface area (Å²) in [4.78, 5) is 8.75. The first kappa shape index (κ1) is 26.3. The number of guanidine groups is 1. The van der Waals surface area contributed by atoms with Crippen molar-refractivity contribution in [3.05, 3.63) is 65.2 Å². The van der Waals surface area contributed by atoms with E-state index in [1.54, 1.807) is 31.3 Å². The molecule has 6 nitrogen and oxygen atoms in total. The van der Waals surface area contributed by atoms with Crippen molar-refractivity contribution in [2.75, 3.05) is 40.4 Å². The fourth-order valence-electron chi connectivity index (χ4n) is 3.55. The van der Waals surface area contributed by atoms with Crippen LogP contribution in [0.5, 0.6) is 5.75 Å². The highest BCUT2D eigenvalue weighted by Crippen LogP contribution is 2.16. The maximum absolute atomic E-state index is 12.3. The number of ether oxygens (including phenoxy) is 2. The highest BCUT2D eigenvalue weighted by Gasteiger charge is 2.12. The minimum absolute atomic E-state index is 0. The molecule has 1 heterocycles. The Labute approximate surface area is 205 Å². The lowest BCUT2D eigenvalue weighted by Crippen LogP contribution is -2.38. The molecule has 2 aromatic rings. The molecule has 0 aliphatic carbocycles. The quantitative estimate of drug-likeness (QED) is 0.301. The van der Waals surface area contributed by atoms with Gasteiger partial charge in [0.15, 0.2) is 5.96 Å². The van der Waals surface area contributed by atoms with Crippen molar-refractivity contribution in [1.29, 1.82) is 0 Å². The summed E-state index contributed by atoms with van der Waals surface area (Å²) in [7, 11) is 3.68. The number of morpholine rings is 1. The average Bonchev–Trinajstić information content (AvgIpc) is 2.76. The number of nitrogens with zero attached hydrogens (tertiary/aromatic N) is 3. The third-order valence-corrected chi connectivity index (χ3v) is 5.09. The van der Waals surface area contributed by atoms with Crippen LogP contribution in [0.25, 0.3) is 0 Å². The van der Waals surface area contributed by atoms with E-state index < -0.39 is 6.61 Å². The van der Waals surface area contributed by atoms with Gasteiger partial charge in [0.25, 0.3) is 0 Å². The lowest BCUT2D eigenvalue weighted by molar-refractivity contribution is -0.0498. The molecule has 1 fully saturated rings. The van der Waals surface area contributed by atoms with Crippen LogP contribution in [0.15, 0.2) is 53.5 Å². The molecule has 2 aromatic carbocycles. The van der Waals surface area contributed by atoms with Crippen molar-refractivity contribution in [2.45, 2.75) is 26.2 Å². The fraction of sp³-hybridized carbons (Fsp3) is 0.435. The normalized spacial score (nSPS) is 14.7. The Hall–Kier alpha value is -1.98. The Morgan fingerprint density at radius 3 is 2.47 bits per heavy atom. The van der Waals surface area contributed by atoms with E-state index in [4.69, 9.17) is 4.74 Å². The second-order valence-electron chi connectivity index (χ2n) is 7.49. The summed E-state index contributed by atoms with van der Waals surface area (Å²) < 4.78 is 34.4. The third kappa shape index (κ3) is 8.51. The van der Waals surface area contributed by atoms with Gasteiger partial charge in [0, 0.05) is 46.8 Å². The van der Waals surface area contributed by atoms with Crippen LogP contribution in [0.2, 0.25) is 0 Å². The van der Waals surface area contributed by atoms with Crippen LogP contribution in [0.3, 0.4) is 0 Å². The molecular weight excluding hydrogens is 529 g/mol. The molecule has 3 rings (SSSR count). The van der Waals surface area contributed by atoms with E-state index in [-0.39, 0.29) is 29.7 Å². The Morgan fingerprint density at radius 1 is 1.12 bits per heavy atom. The Morgan fingerprint density at radius 2 is 1.81 bits per heavy atom. The van der Waals surface area contributed by atoms with Gasteiger partial charge in [-0.3, -0.25) is 9.89 Å². The molecule has 1 aliphatic heterocycles. The zero-order valence-electron chi connectivity index (χ0n) is 18.5. The van der Waals surface area contributed by atoms with Gasteiger partial charge in [0.2, 0.25) is 0 Å². The van der Waals surface area contributed by atoms with Crippen LogP contribution in [0.4, 0.5) is 8.78 Å². The van der Waals surface area contributed by atoms with Crippen molar-refractivity contribution in [1.82, 2.24) is 15.1 Å². The van der Waals surface area contributed by atoms with Crippen molar-refractivity contribution in [2.24, 2.45) is 4.99 Å². The molecule has 32 heavy (non-hydrogen) atoms. The lowest BCUT2D eigenvalue weighted by atomic mass is 10.1. The summed E-state index contributed by atoms with van der Waals surface area (Å²) in [5.74, 6) is 0.910. The molecule has 176 valence electrons. The smallest absolute Gasteiger partial charge is 0.387 e. The summed E-state index contributed by atoms with van der Waals surface area (Å²) in [6, 6.07) is 15.2. The highest BCUT2D eigenvalue weighted by molar-refractivity contribution is 14.0. The number of alkyl halides is 2. The van der Waals surface area contributed by atoms with E-state index >= 15 is 0 Å². The molecule has 0 unspecified atom stereocenters. The van der Waals surface area contributed by atoms with E-state index in [1.165, 1.54) is 11.1 Å². The Balaban J connectivity index is 0.00000363. The lowest BCUT2D eigenvalue weighted by Gasteiger charge is -2.26. The molecule has 1 saturated heterocycles. The number of halogens is 3. The molecular formula is C23H31F2IN4O2. The minimum atomic E-state index is -2.82. The Bertz CT molecular complexity index is 846. The molecule has 0 atom stereocenters.